The number of benzene rings is 1. The predicted octanol–water partition coefficient (Wildman–Crippen LogP) is 3.28. The van der Waals surface area contributed by atoms with E-state index >= 15 is 0 Å². The molecule has 6 nitrogen and oxygen atoms in total. The monoisotopic (exact) mass is 522 g/mol. The molecule has 10 heteroatoms. The zero-order valence-corrected chi connectivity index (χ0v) is 19.1. The summed E-state index contributed by atoms with van der Waals surface area (Å²) in [5.41, 5.74) is 0.255. The Kier molecular flexibility index (Phi) is 8.80. The van der Waals surface area contributed by atoms with Crippen molar-refractivity contribution in [2.24, 2.45) is 4.99 Å². The third-order valence-electron chi connectivity index (χ3n) is 4.37. The Morgan fingerprint density at radius 1 is 1.21 bits per heavy atom. The Morgan fingerprint density at radius 2 is 1.96 bits per heavy atom. The van der Waals surface area contributed by atoms with Crippen molar-refractivity contribution in [3.8, 4) is 0 Å². The first-order chi connectivity index (χ1) is 13.1. The first kappa shape index (κ1) is 22.7. The van der Waals surface area contributed by atoms with E-state index in [0.29, 0.717) is 12.5 Å². The third kappa shape index (κ3) is 5.72. The molecule has 1 aliphatic rings. The van der Waals surface area contributed by atoms with Crippen molar-refractivity contribution in [2.75, 3.05) is 37.6 Å². The molecule has 0 atom stereocenters. The van der Waals surface area contributed by atoms with Crippen LogP contribution in [-0.4, -0.2) is 52.9 Å². The molecular formula is C18H25F2IN6S. The van der Waals surface area contributed by atoms with Crippen LogP contribution in [0, 0.1) is 11.6 Å². The van der Waals surface area contributed by atoms with Crippen molar-refractivity contribution in [2.45, 2.75) is 26.8 Å². The number of hydrogen-bond acceptors (Lipinski definition) is 5. The van der Waals surface area contributed by atoms with E-state index in [1.165, 1.54) is 17.6 Å². The van der Waals surface area contributed by atoms with Crippen LogP contribution in [0.25, 0.3) is 0 Å². The van der Waals surface area contributed by atoms with Gasteiger partial charge in [0.2, 0.25) is 5.13 Å². The van der Waals surface area contributed by atoms with Crippen molar-refractivity contribution >= 4 is 46.6 Å². The standard InChI is InChI=1S/C18H24F2N6S.HI/c1-3-16-23-18(27-24-16)26-9-7-25(8-10-26)17(21-4-2)22-12-13-11-14(19)5-6-15(13)20;/h5-6,11H,3-4,7-10,12H2,1-2H3,(H,21,22);1H. The van der Waals surface area contributed by atoms with Gasteiger partial charge in [-0.1, -0.05) is 6.92 Å². The third-order valence-corrected chi connectivity index (χ3v) is 5.18. The molecule has 0 saturated carbocycles. The van der Waals surface area contributed by atoms with Crippen LogP contribution in [0.15, 0.2) is 23.2 Å². The van der Waals surface area contributed by atoms with Crippen molar-refractivity contribution in [1.29, 1.82) is 0 Å². The number of aryl methyl sites for hydroxylation is 1. The van der Waals surface area contributed by atoms with Gasteiger partial charge in [0.1, 0.15) is 17.5 Å². The van der Waals surface area contributed by atoms with Gasteiger partial charge in [-0.05, 0) is 25.1 Å². The van der Waals surface area contributed by atoms with Crippen LogP contribution < -0.4 is 10.2 Å². The number of rotatable bonds is 5. The second-order valence-electron chi connectivity index (χ2n) is 6.23. The highest BCUT2D eigenvalue weighted by atomic mass is 127. The molecule has 0 aliphatic carbocycles. The number of nitrogens with one attached hydrogen (secondary N) is 1. The molecule has 0 spiro atoms. The minimum atomic E-state index is -0.455. The smallest absolute Gasteiger partial charge is 0.205 e. The lowest BCUT2D eigenvalue weighted by Crippen LogP contribution is -2.52. The maximum Gasteiger partial charge on any atom is 0.205 e. The van der Waals surface area contributed by atoms with Crippen LogP contribution in [0.5, 0.6) is 0 Å². The molecular weight excluding hydrogens is 497 g/mol. The van der Waals surface area contributed by atoms with E-state index in [1.54, 1.807) is 0 Å². The molecule has 0 bridgehead atoms. The van der Waals surface area contributed by atoms with Gasteiger partial charge in [-0.25, -0.2) is 18.8 Å². The van der Waals surface area contributed by atoms with E-state index in [4.69, 9.17) is 0 Å². The van der Waals surface area contributed by atoms with Gasteiger partial charge in [-0.3, -0.25) is 0 Å². The number of anilines is 1. The van der Waals surface area contributed by atoms with Crippen molar-refractivity contribution < 1.29 is 8.78 Å². The summed E-state index contributed by atoms with van der Waals surface area (Å²) in [6.45, 7) is 8.03. The van der Waals surface area contributed by atoms with E-state index < -0.39 is 11.6 Å². The summed E-state index contributed by atoms with van der Waals surface area (Å²) in [5.74, 6) is 0.698. The number of aliphatic imine (C=N–C) groups is 1. The summed E-state index contributed by atoms with van der Waals surface area (Å²) in [7, 11) is 0. The Labute approximate surface area is 185 Å². The highest BCUT2D eigenvalue weighted by Gasteiger charge is 2.22. The van der Waals surface area contributed by atoms with Gasteiger partial charge in [-0.15, -0.1) is 24.0 Å². The fourth-order valence-corrected chi connectivity index (χ4v) is 3.68. The van der Waals surface area contributed by atoms with Crippen LogP contribution in [0.3, 0.4) is 0 Å². The predicted molar refractivity (Wildman–Crippen MR) is 120 cm³/mol. The van der Waals surface area contributed by atoms with E-state index in [-0.39, 0.29) is 36.1 Å². The Bertz CT molecular complexity index is 792. The minimum Gasteiger partial charge on any atom is -0.357 e. The molecule has 0 amide bonds. The van der Waals surface area contributed by atoms with Crippen LogP contribution >= 0.6 is 35.5 Å². The Balaban J connectivity index is 0.00000280. The molecule has 1 aromatic carbocycles. The maximum atomic E-state index is 13.8. The lowest BCUT2D eigenvalue weighted by molar-refractivity contribution is 0.372. The number of guanidine groups is 1. The van der Waals surface area contributed by atoms with Crippen molar-refractivity contribution in [3.63, 3.8) is 0 Å². The van der Waals surface area contributed by atoms with E-state index in [0.717, 1.165) is 55.7 Å². The molecule has 0 unspecified atom stereocenters. The van der Waals surface area contributed by atoms with Crippen LogP contribution in [0.2, 0.25) is 0 Å². The van der Waals surface area contributed by atoms with E-state index in [2.05, 4.69) is 29.5 Å². The quantitative estimate of drug-likeness (QED) is 0.371. The second kappa shape index (κ2) is 10.8. The van der Waals surface area contributed by atoms with Gasteiger partial charge in [-0.2, -0.15) is 4.37 Å². The van der Waals surface area contributed by atoms with Gasteiger partial charge in [0.15, 0.2) is 5.96 Å². The highest BCUT2D eigenvalue weighted by Crippen LogP contribution is 2.19. The van der Waals surface area contributed by atoms with Crippen LogP contribution in [0.1, 0.15) is 25.2 Å². The SMILES string of the molecule is CCNC(=NCc1cc(F)ccc1F)N1CCN(c2nc(CC)ns2)CC1.I. The maximum absolute atomic E-state index is 13.8. The van der Waals surface area contributed by atoms with Gasteiger partial charge >= 0.3 is 0 Å². The van der Waals surface area contributed by atoms with E-state index in [9.17, 15) is 8.78 Å². The number of piperazine rings is 1. The topological polar surface area (TPSA) is 56.7 Å². The lowest BCUT2D eigenvalue weighted by atomic mass is 10.2. The number of nitrogens with zero attached hydrogens (tertiary/aromatic N) is 5. The van der Waals surface area contributed by atoms with Gasteiger partial charge < -0.3 is 15.1 Å². The van der Waals surface area contributed by atoms with Gasteiger partial charge in [0.05, 0.1) is 6.54 Å². The molecule has 2 heterocycles. The highest BCUT2D eigenvalue weighted by molar-refractivity contribution is 14.0. The van der Waals surface area contributed by atoms with Crippen LogP contribution in [0.4, 0.5) is 13.9 Å². The van der Waals surface area contributed by atoms with E-state index in [1.807, 2.05) is 13.8 Å². The molecule has 1 aromatic heterocycles. The van der Waals surface area contributed by atoms with Gasteiger partial charge in [0.25, 0.3) is 0 Å². The fraction of sp³-hybridized carbons (Fsp3) is 0.500. The summed E-state index contributed by atoms with van der Waals surface area (Å²) < 4.78 is 31.5. The molecule has 2 aromatic rings. The normalized spacial score (nSPS) is 14.8. The zero-order chi connectivity index (χ0) is 19.2. The zero-order valence-electron chi connectivity index (χ0n) is 16.0. The molecule has 1 aliphatic heterocycles. The molecule has 3 rings (SSSR count). The molecule has 1 saturated heterocycles. The van der Waals surface area contributed by atoms with Crippen molar-refractivity contribution in [3.05, 3.63) is 41.2 Å². The summed E-state index contributed by atoms with van der Waals surface area (Å²) in [4.78, 5) is 13.4. The first-order valence-corrected chi connectivity index (χ1v) is 9.92. The molecule has 1 N–H and O–H groups in total. The average molecular weight is 522 g/mol. The molecule has 28 heavy (non-hydrogen) atoms. The fourth-order valence-electron chi connectivity index (χ4n) is 2.88. The van der Waals surface area contributed by atoms with Crippen LogP contribution in [-0.2, 0) is 13.0 Å². The number of halogens is 3. The second-order valence-corrected chi connectivity index (χ2v) is 6.96. The average Bonchev–Trinajstić information content (AvgIpc) is 3.17. The summed E-state index contributed by atoms with van der Waals surface area (Å²) >= 11 is 1.43. The van der Waals surface area contributed by atoms with Crippen molar-refractivity contribution in [1.82, 2.24) is 19.6 Å². The minimum absolute atomic E-state index is 0. The van der Waals surface area contributed by atoms with Gasteiger partial charge in [0, 0.05) is 56.2 Å². The Hall–Kier alpha value is -1.56. The summed E-state index contributed by atoms with van der Waals surface area (Å²) in [5, 5.41) is 4.19. The molecule has 0 radical (unpaired) electrons. The molecule has 1 fully saturated rings. The molecule has 154 valence electrons. The first-order valence-electron chi connectivity index (χ1n) is 9.15. The number of aromatic nitrogens is 2. The largest absolute Gasteiger partial charge is 0.357 e. The summed E-state index contributed by atoms with van der Waals surface area (Å²) in [6.07, 6.45) is 0.838. The Morgan fingerprint density at radius 3 is 2.61 bits per heavy atom. The summed E-state index contributed by atoms with van der Waals surface area (Å²) in [6, 6.07) is 3.45. The lowest BCUT2D eigenvalue weighted by Gasteiger charge is -2.36. The number of hydrogen-bond donors (Lipinski definition) is 1.